The number of methoxy groups -OCH3 is 1. The number of rotatable bonds is 7. The van der Waals surface area contributed by atoms with Crippen LogP contribution in [0.1, 0.15) is 27.7 Å². The monoisotopic (exact) mass is 322 g/mol. The predicted octanol–water partition coefficient (Wildman–Crippen LogP) is 0.453. The molecule has 0 fully saturated rings. The smallest absolute Gasteiger partial charge is 0.279 e. The van der Waals surface area contributed by atoms with Gasteiger partial charge in [-0.25, -0.2) is 0 Å². The van der Waals surface area contributed by atoms with Crippen LogP contribution >= 0.6 is 0 Å². The number of carbonyl (C=O) groups is 2. The second-order valence-electron chi connectivity index (χ2n) is 6.50. The Hall–Kier alpha value is -2.08. The molecule has 6 heteroatoms. The van der Waals surface area contributed by atoms with Gasteiger partial charge in [0.15, 0.2) is 13.1 Å². The van der Waals surface area contributed by atoms with Gasteiger partial charge < -0.3 is 20.3 Å². The lowest BCUT2D eigenvalue weighted by atomic mass is 10.1. The van der Waals surface area contributed by atoms with Crippen LogP contribution in [0.25, 0.3) is 0 Å². The van der Waals surface area contributed by atoms with Crippen molar-refractivity contribution in [3.63, 3.8) is 0 Å². The molecule has 1 aromatic rings. The summed E-state index contributed by atoms with van der Waals surface area (Å²) in [6, 6.07) is 7.25. The number of carbonyl (C=O) groups excluding carboxylic acids is 2. The molecule has 0 aliphatic carbocycles. The summed E-state index contributed by atoms with van der Waals surface area (Å²) in [6.45, 7) is 8.95. The molecule has 0 bridgehead atoms. The van der Waals surface area contributed by atoms with E-state index in [9.17, 15) is 9.59 Å². The summed E-state index contributed by atoms with van der Waals surface area (Å²) in [6.07, 6.45) is 0. The lowest BCUT2D eigenvalue weighted by molar-refractivity contribution is -0.881. The van der Waals surface area contributed by atoms with E-state index in [0.29, 0.717) is 18.0 Å². The molecule has 0 radical (unpaired) electrons. The van der Waals surface area contributed by atoms with Crippen LogP contribution in [0, 0.1) is 0 Å². The van der Waals surface area contributed by atoms with Crippen LogP contribution < -0.4 is 20.3 Å². The van der Waals surface area contributed by atoms with Gasteiger partial charge in [-0.05, 0) is 39.8 Å². The average molecular weight is 322 g/mol. The number of hydrogen-bond acceptors (Lipinski definition) is 3. The van der Waals surface area contributed by atoms with Gasteiger partial charge in [-0.2, -0.15) is 0 Å². The maximum absolute atomic E-state index is 12.2. The van der Waals surface area contributed by atoms with Crippen molar-refractivity contribution in [2.24, 2.45) is 0 Å². The Bertz CT molecular complexity index is 538. The summed E-state index contributed by atoms with van der Waals surface area (Å²) in [5.74, 6) is 0.415. The van der Waals surface area contributed by atoms with Crippen molar-refractivity contribution in [2.45, 2.75) is 33.2 Å². The van der Waals surface area contributed by atoms with E-state index in [-0.39, 0.29) is 30.4 Å². The van der Waals surface area contributed by atoms with Crippen molar-refractivity contribution >= 4 is 17.5 Å². The Kier molecular flexibility index (Phi) is 7.03. The van der Waals surface area contributed by atoms with Crippen molar-refractivity contribution in [2.75, 3.05) is 32.1 Å². The zero-order valence-corrected chi connectivity index (χ0v) is 14.7. The normalized spacial score (nSPS) is 12.4. The number of hydrogen-bond donors (Lipinski definition) is 3. The molecule has 0 aromatic heterocycles. The minimum Gasteiger partial charge on any atom is -0.495 e. The van der Waals surface area contributed by atoms with Crippen LogP contribution in [0.15, 0.2) is 24.3 Å². The second-order valence-corrected chi connectivity index (χ2v) is 6.50. The molecule has 0 aliphatic heterocycles. The Morgan fingerprint density at radius 1 is 1.13 bits per heavy atom. The maximum atomic E-state index is 12.2. The number of anilines is 1. The SMILES string of the molecule is CC[NH+](CC(=O)Nc1ccccc1OC)CC(=O)NC(C)(C)C. The summed E-state index contributed by atoms with van der Waals surface area (Å²) in [7, 11) is 1.56. The van der Waals surface area contributed by atoms with E-state index in [2.05, 4.69) is 10.6 Å². The third-order valence-electron chi connectivity index (χ3n) is 3.22. The molecule has 0 heterocycles. The molecule has 2 amide bonds. The van der Waals surface area contributed by atoms with Gasteiger partial charge in [-0.3, -0.25) is 9.59 Å². The fraction of sp³-hybridized carbons (Fsp3) is 0.529. The quantitative estimate of drug-likeness (QED) is 0.683. The van der Waals surface area contributed by atoms with E-state index in [4.69, 9.17) is 4.74 Å². The van der Waals surface area contributed by atoms with E-state index in [0.717, 1.165) is 4.90 Å². The first kappa shape index (κ1) is 19.0. The summed E-state index contributed by atoms with van der Waals surface area (Å²) in [5, 5.41) is 5.74. The molecule has 3 N–H and O–H groups in total. The molecule has 0 saturated heterocycles. The first-order valence-electron chi connectivity index (χ1n) is 7.82. The van der Waals surface area contributed by atoms with Crippen LogP contribution in [0.2, 0.25) is 0 Å². The fourth-order valence-electron chi connectivity index (χ4n) is 2.17. The van der Waals surface area contributed by atoms with E-state index in [1.807, 2.05) is 39.8 Å². The first-order chi connectivity index (χ1) is 10.7. The van der Waals surface area contributed by atoms with Crippen LogP contribution in [0.3, 0.4) is 0 Å². The van der Waals surface area contributed by atoms with E-state index in [1.54, 1.807) is 19.2 Å². The molecule has 0 spiro atoms. The predicted molar refractivity (Wildman–Crippen MR) is 90.8 cm³/mol. The van der Waals surface area contributed by atoms with Gasteiger partial charge in [0.1, 0.15) is 5.75 Å². The first-order valence-corrected chi connectivity index (χ1v) is 7.82. The van der Waals surface area contributed by atoms with Crippen LogP contribution in [0.5, 0.6) is 5.75 Å². The molecule has 1 atom stereocenters. The molecule has 1 aromatic carbocycles. The summed E-state index contributed by atoms with van der Waals surface area (Å²) in [5.41, 5.74) is 0.366. The number of likely N-dealkylation sites (N-methyl/N-ethyl adjacent to an activating group) is 1. The molecule has 0 saturated carbocycles. The van der Waals surface area contributed by atoms with Gasteiger partial charge in [0.05, 0.1) is 19.3 Å². The lowest BCUT2D eigenvalue weighted by Crippen LogP contribution is -3.14. The van der Waals surface area contributed by atoms with Crippen LogP contribution in [0.4, 0.5) is 5.69 Å². The van der Waals surface area contributed by atoms with E-state index < -0.39 is 0 Å². The maximum Gasteiger partial charge on any atom is 0.279 e. The Morgan fingerprint density at radius 2 is 1.74 bits per heavy atom. The molecular weight excluding hydrogens is 294 g/mol. The van der Waals surface area contributed by atoms with Gasteiger partial charge in [-0.15, -0.1) is 0 Å². The Labute approximate surface area is 138 Å². The summed E-state index contributed by atoms with van der Waals surface area (Å²) in [4.78, 5) is 25.1. The van der Waals surface area contributed by atoms with Crippen molar-refractivity contribution in [3.8, 4) is 5.75 Å². The van der Waals surface area contributed by atoms with Gasteiger partial charge in [0.2, 0.25) is 0 Å². The zero-order valence-electron chi connectivity index (χ0n) is 14.7. The van der Waals surface area contributed by atoms with Crippen LogP contribution in [-0.4, -0.2) is 44.1 Å². The van der Waals surface area contributed by atoms with Gasteiger partial charge in [0.25, 0.3) is 11.8 Å². The number of para-hydroxylation sites is 2. The van der Waals surface area contributed by atoms with Crippen molar-refractivity contribution < 1.29 is 19.2 Å². The topological polar surface area (TPSA) is 71.9 Å². The van der Waals surface area contributed by atoms with Gasteiger partial charge >= 0.3 is 0 Å². The summed E-state index contributed by atoms with van der Waals surface area (Å²) >= 11 is 0. The fourth-order valence-corrected chi connectivity index (χ4v) is 2.17. The molecule has 6 nitrogen and oxygen atoms in total. The highest BCUT2D eigenvalue weighted by atomic mass is 16.5. The number of quaternary nitrogens is 1. The molecular formula is C17H28N3O3+. The highest BCUT2D eigenvalue weighted by molar-refractivity contribution is 5.93. The second kappa shape index (κ2) is 8.53. The van der Waals surface area contributed by atoms with Crippen molar-refractivity contribution in [3.05, 3.63) is 24.3 Å². The Morgan fingerprint density at radius 3 is 2.30 bits per heavy atom. The molecule has 1 unspecified atom stereocenters. The highest BCUT2D eigenvalue weighted by Crippen LogP contribution is 2.22. The molecule has 23 heavy (non-hydrogen) atoms. The minimum atomic E-state index is -0.268. The van der Waals surface area contributed by atoms with Crippen molar-refractivity contribution in [1.29, 1.82) is 0 Å². The minimum absolute atomic E-state index is 0.0561. The van der Waals surface area contributed by atoms with E-state index in [1.165, 1.54) is 0 Å². The van der Waals surface area contributed by atoms with Gasteiger partial charge in [-0.1, -0.05) is 12.1 Å². The molecule has 128 valence electrons. The standard InChI is InChI=1S/C17H27N3O3/c1-6-20(12-16(22)19-17(2,3)4)11-15(21)18-13-9-7-8-10-14(13)23-5/h7-10H,6,11-12H2,1-5H3,(H,18,21)(H,19,22)/p+1. The zero-order chi connectivity index (χ0) is 17.5. The number of amides is 2. The number of benzene rings is 1. The highest BCUT2D eigenvalue weighted by Gasteiger charge is 2.20. The van der Waals surface area contributed by atoms with Crippen molar-refractivity contribution in [1.82, 2.24) is 5.32 Å². The largest absolute Gasteiger partial charge is 0.495 e. The third kappa shape index (κ3) is 7.15. The number of nitrogens with one attached hydrogen (secondary N) is 3. The van der Waals surface area contributed by atoms with E-state index >= 15 is 0 Å². The summed E-state index contributed by atoms with van der Waals surface area (Å²) < 4.78 is 5.21. The van der Waals surface area contributed by atoms with Gasteiger partial charge in [0, 0.05) is 5.54 Å². The average Bonchev–Trinajstić information content (AvgIpc) is 2.45. The molecule has 0 aliphatic rings. The van der Waals surface area contributed by atoms with Crippen LogP contribution in [-0.2, 0) is 9.59 Å². The lowest BCUT2D eigenvalue weighted by Gasteiger charge is -2.23. The third-order valence-corrected chi connectivity index (χ3v) is 3.22. The number of ether oxygens (including phenoxy) is 1. The molecule has 1 rings (SSSR count). The Balaban J connectivity index is 2.58.